The van der Waals surface area contributed by atoms with Crippen LogP contribution in [0.3, 0.4) is 0 Å². The highest BCUT2D eigenvalue weighted by molar-refractivity contribution is 7.99. The number of fused-ring (bicyclic) bond motifs is 3. The summed E-state index contributed by atoms with van der Waals surface area (Å²) in [7, 11) is 0. The van der Waals surface area contributed by atoms with E-state index in [1.807, 2.05) is 86.6 Å². The quantitative estimate of drug-likeness (QED) is 0.255. The number of H-pyrrole nitrogens is 1. The number of aromatic amines is 1. The van der Waals surface area contributed by atoms with Gasteiger partial charge in [0.1, 0.15) is 11.0 Å². The third kappa shape index (κ3) is 4.59. The molecule has 3 aromatic carbocycles. The molecule has 0 unspecified atom stereocenters. The van der Waals surface area contributed by atoms with E-state index in [9.17, 15) is 9.59 Å². The van der Waals surface area contributed by atoms with E-state index in [0.717, 1.165) is 34.1 Å². The average Bonchev–Trinajstić information content (AvgIpc) is 3.25. The second-order valence-electron chi connectivity index (χ2n) is 8.52. The van der Waals surface area contributed by atoms with E-state index in [2.05, 4.69) is 10.3 Å². The van der Waals surface area contributed by atoms with Crippen molar-refractivity contribution in [2.24, 2.45) is 0 Å². The Morgan fingerprint density at radius 2 is 1.77 bits per heavy atom. The molecule has 0 atom stereocenters. The minimum atomic E-state index is -0.174. The third-order valence-corrected chi connectivity index (χ3v) is 7.16. The molecule has 0 fully saturated rings. The first kappa shape index (κ1) is 22.9. The zero-order valence-electron chi connectivity index (χ0n) is 19.7. The summed E-state index contributed by atoms with van der Waals surface area (Å²) in [5.74, 6) is 0.0756. The summed E-state index contributed by atoms with van der Waals surface area (Å²) in [6, 6.07) is 23.7. The van der Waals surface area contributed by atoms with Gasteiger partial charge in [-0.25, -0.2) is 4.98 Å². The Balaban J connectivity index is 1.48. The van der Waals surface area contributed by atoms with Gasteiger partial charge in [-0.1, -0.05) is 72.4 Å². The first-order chi connectivity index (χ1) is 17.0. The van der Waals surface area contributed by atoms with Gasteiger partial charge < -0.3 is 10.3 Å². The monoisotopic (exact) mass is 482 g/mol. The van der Waals surface area contributed by atoms with Crippen molar-refractivity contribution in [2.45, 2.75) is 25.4 Å². The number of hydrogen-bond acceptors (Lipinski definition) is 4. The molecule has 0 aliphatic rings. The largest absolute Gasteiger partial charge is 0.355 e. The van der Waals surface area contributed by atoms with Crippen molar-refractivity contribution in [3.8, 4) is 5.69 Å². The lowest BCUT2D eigenvalue weighted by atomic mass is 10.1. The molecule has 6 nitrogen and oxygen atoms in total. The van der Waals surface area contributed by atoms with E-state index in [1.165, 1.54) is 17.3 Å². The molecule has 2 N–H and O–H groups in total. The van der Waals surface area contributed by atoms with E-state index >= 15 is 0 Å². The zero-order chi connectivity index (χ0) is 24.4. The van der Waals surface area contributed by atoms with Crippen LogP contribution in [-0.4, -0.2) is 32.7 Å². The maximum absolute atomic E-state index is 13.7. The van der Waals surface area contributed by atoms with Crippen LogP contribution in [0.4, 0.5) is 0 Å². The van der Waals surface area contributed by atoms with Crippen molar-refractivity contribution in [3.63, 3.8) is 0 Å². The zero-order valence-corrected chi connectivity index (χ0v) is 20.5. The minimum absolute atomic E-state index is 0.0910. The molecule has 0 saturated carbocycles. The SMILES string of the molecule is Cc1cccc(-n2c(SCC(=O)NCCc3ccccc3)nc3c([nH]c4ccccc43)c2=O)c1C. The summed E-state index contributed by atoms with van der Waals surface area (Å²) < 4.78 is 1.63. The molecule has 5 aromatic rings. The van der Waals surface area contributed by atoms with Crippen LogP contribution in [0.1, 0.15) is 16.7 Å². The number of nitrogens with one attached hydrogen (secondary N) is 2. The molecule has 0 saturated heterocycles. The first-order valence-corrected chi connectivity index (χ1v) is 12.5. The maximum Gasteiger partial charge on any atom is 0.283 e. The molecule has 0 radical (unpaired) electrons. The van der Waals surface area contributed by atoms with Gasteiger partial charge in [0.25, 0.3) is 5.56 Å². The number of rotatable bonds is 7. The van der Waals surface area contributed by atoms with Crippen LogP contribution in [-0.2, 0) is 11.2 Å². The topological polar surface area (TPSA) is 79.8 Å². The normalized spacial score (nSPS) is 11.3. The molecular formula is C28H26N4O2S. The molecule has 7 heteroatoms. The number of thioether (sulfide) groups is 1. The third-order valence-electron chi connectivity index (χ3n) is 6.22. The molecule has 0 bridgehead atoms. The molecule has 2 aromatic heterocycles. The number of carbonyl (C=O) groups excluding carboxylic acids is 1. The maximum atomic E-state index is 13.7. The fourth-order valence-electron chi connectivity index (χ4n) is 4.20. The summed E-state index contributed by atoms with van der Waals surface area (Å²) >= 11 is 1.28. The number of nitrogens with zero attached hydrogens (tertiary/aromatic N) is 2. The van der Waals surface area contributed by atoms with E-state index in [4.69, 9.17) is 4.98 Å². The Labute approximate surface area is 207 Å². The van der Waals surface area contributed by atoms with Crippen molar-refractivity contribution in [1.29, 1.82) is 0 Å². The van der Waals surface area contributed by atoms with Gasteiger partial charge in [-0.05, 0) is 49.1 Å². The van der Waals surface area contributed by atoms with Crippen LogP contribution in [0, 0.1) is 13.8 Å². The van der Waals surface area contributed by atoms with Gasteiger partial charge >= 0.3 is 0 Å². The lowest BCUT2D eigenvalue weighted by molar-refractivity contribution is -0.118. The highest BCUT2D eigenvalue weighted by Gasteiger charge is 2.19. The number of hydrogen-bond donors (Lipinski definition) is 2. The fourth-order valence-corrected chi connectivity index (χ4v) is 5.03. The smallest absolute Gasteiger partial charge is 0.283 e. The van der Waals surface area contributed by atoms with Gasteiger partial charge in [-0.15, -0.1) is 0 Å². The van der Waals surface area contributed by atoms with Crippen molar-refractivity contribution < 1.29 is 4.79 Å². The fraction of sp³-hybridized carbons (Fsp3) is 0.179. The van der Waals surface area contributed by atoms with Crippen molar-refractivity contribution in [2.75, 3.05) is 12.3 Å². The van der Waals surface area contributed by atoms with E-state index in [1.54, 1.807) is 4.57 Å². The second kappa shape index (κ2) is 9.80. The van der Waals surface area contributed by atoms with Crippen LogP contribution >= 0.6 is 11.8 Å². The highest BCUT2D eigenvalue weighted by atomic mass is 32.2. The Morgan fingerprint density at radius 3 is 2.60 bits per heavy atom. The van der Waals surface area contributed by atoms with Crippen LogP contribution in [0.15, 0.2) is 82.7 Å². The molecule has 0 aliphatic heterocycles. The molecule has 176 valence electrons. The Morgan fingerprint density at radius 1 is 1.00 bits per heavy atom. The average molecular weight is 483 g/mol. The van der Waals surface area contributed by atoms with Crippen molar-refractivity contribution >= 4 is 39.6 Å². The predicted molar refractivity (Wildman–Crippen MR) is 143 cm³/mol. The lowest BCUT2D eigenvalue weighted by Crippen LogP contribution is -2.28. The molecule has 5 rings (SSSR count). The summed E-state index contributed by atoms with van der Waals surface area (Å²) in [6.07, 6.45) is 0.768. The van der Waals surface area contributed by atoms with Crippen LogP contribution in [0.5, 0.6) is 0 Å². The number of carbonyl (C=O) groups is 1. The predicted octanol–water partition coefficient (Wildman–Crippen LogP) is 4.93. The number of para-hydroxylation sites is 1. The van der Waals surface area contributed by atoms with E-state index in [0.29, 0.717) is 22.7 Å². The number of aromatic nitrogens is 3. The molecular weight excluding hydrogens is 456 g/mol. The van der Waals surface area contributed by atoms with E-state index < -0.39 is 0 Å². The lowest BCUT2D eigenvalue weighted by Gasteiger charge is -2.15. The summed E-state index contributed by atoms with van der Waals surface area (Å²) in [5.41, 5.74) is 5.81. The van der Waals surface area contributed by atoms with Crippen molar-refractivity contribution in [1.82, 2.24) is 19.9 Å². The van der Waals surface area contributed by atoms with Gasteiger partial charge in [-0.2, -0.15) is 0 Å². The van der Waals surface area contributed by atoms with E-state index in [-0.39, 0.29) is 17.2 Å². The first-order valence-electron chi connectivity index (χ1n) is 11.6. The van der Waals surface area contributed by atoms with Gasteiger partial charge in [0.2, 0.25) is 5.91 Å². The Hall–Kier alpha value is -3.84. The standard InChI is InChI=1S/C28H26N4O2S/c1-18-9-8-14-23(19(18)2)32-27(34)26-25(21-12-6-7-13-22(21)30-26)31-28(32)35-17-24(33)29-16-15-20-10-4-3-5-11-20/h3-14,30H,15-17H2,1-2H3,(H,29,33). The molecule has 2 heterocycles. The second-order valence-corrected chi connectivity index (χ2v) is 9.46. The highest BCUT2D eigenvalue weighted by Crippen LogP contribution is 2.27. The Kier molecular flexibility index (Phi) is 6.42. The van der Waals surface area contributed by atoms with Crippen LogP contribution < -0.4 is 10.9 Å². The van der Waals surface area contributed by atoms with Gasteiger partial charge in [0, 0.05) is 17.4 Å². The van der Waals surface area contributed by atoms with Gasteiger partial charge in [0.15, 0.2) is 5.16 Å². The summed E-state index contributed by atoms with van der Waals surface area (Å²) in [5, 5.41) is 4.37. The number of aryl methyl sites for hydroxylation is 1. The molecule has 1 amide bonds. The molecule has 0 spiro atoms. The van der Waals surface area contributed by atoms with Crippen molar-refractivity contribution in [3.05, 3.63) is 99.8 Å². The number of amides is 1. The van der Waals surface area contributed by atoms with Crippen LogP contribution in [0.25, 0.3) is 27.6 Å². The van der Waals surface area contributed by atoms with Gasteiger partial charge in [-0.3, -0.25) is 14.2 Å². The Bertz CT molecular complexity index is 1590. The molecule has 0 aliphatic carbocycles. The minimum Gasteiger partial charge on any atom is -0.355 e. The van der Waals surface area contributed by atoms with Gasteiger partial charge in [0.05, 0.1) is 11.4 Å². The van der Waals surface area contributed by atoms with Crippen LogP contribution in [0.2, 0.25) is 0 Å². The summed E-state index contributed by atoms with van der Waals surface area (Å²) in [4.78, 5) is 34.5. The molecule has 35 heavy (non-hydrogen) atoms. The summed E-state index contributed by atoms with van der Waals surface area (Å²) in [6.45, 7) is 4.57. The number of benzene rings is 3.